The van der Waals surface area contributed by atoms with Gasteiger partial charge in [-0.3, -0.25) is 19.2 Å². The van der Waals surface area contributed by atoms with Gasteiger partial charge in [-0.25, -0.2) is 0 Å². The summed E-state index contributed by atoms with van der Waals surface area (Å²) in [6.45, 7) is 3.06. The highest BCUT2D eigenvalue weighted by molar-refractivity contribution is 6.31. The Morgan fingerprint density at radius 3 is 2.15 bits per heavy atom. The number of unbranched alkanes of at least 4 members (excludes halogenated alkanes) is 1. The molecule has 2 aromatic rings. The third kappa shape index (κ3) is 10.0. The zero-order chi connectivity index (χ0) is 30.7. The van der Waals surface area contributed by atoms with Crippen molar-refractivity contribution in [2.75, 3.05) is 13.7 Å². The molecular formula is C28H34ClF3N4O5. The largest absolute Gasteiger partial charge is 0.497 e. The lowest BCUT2D eigenvalue weighted by atomic mass is 9.97. The number of ether oxygens (including phenoxy) is 1. The summed E-state index contributed by atoms with van der Waals surface area (Å²) >= 11 is 5.98. The molecule has 0 heterocycles. The molecule has 9 nitrogen and oxygen atoms in total. The van der Waals surface area contributed by atoms with Crippen LogP contribution in [0.3, 0.4) is 0 Å². The van der Waals surface area contributed by atoms with Gasteiger partial charge in [-0.2, -0.15) is 13.2 Å². The van der Waals surface area contributed by atoms with Gasteiger partial charge in [-0.05, 0) is 67.6 Å². The van der Waals surface area contributed by atoms with Crippen LogP contribution in [0.15, 0.2) is 48.5 Å². The van der Waals surface area contributed by atoms with E-state index in [1.807, 2.05) is 0 Å². The summed E-state index contributed by atoms with van der Waals surface area (Å²) in [5.41, 5.74) is 5.98. The monoisotopic (exact) mass is 598 g/mol. The van der Waals surface area contributed by atoms with Crippen molar-refractivity contribution in [2.45, 2.75) is 57.4 Å². The zero-order valence-corrected chi connectivity index (χ0v) is 23.6. The highest BCUT2D eigenvalue weighted by Gasteiger charge is 2.45. The minimum atomic E-state index is -5.18. The van der Waals surface area contributed by atoms with E-state index in [2.05, 4.69) is 16.0 Å². The number of rotatable bonds is 14. The summed E-state index contributed by atoms with van der Waals surface area (Å²) in [6, 6.07) is 7.47. The van der Waals surface area contributed by atoms with Crippen LogP contribution in [0.4, 0.5) is 13.2 Å². The predicted octanol–water partition coefficient (Wildman–Crippen LogP) is 3.71. The first kappa shape index (κ1) is 33.6. The predicted molar refractivity (Wildman–Crippen MR) is 147 cm³/mol. The number of ketones is 1. The van der Waals surface area contributed by atoms with Crippen molar-refractivity contribution in [3.63, 3.8) is 0 Å². The Bertz CT molecular complexity index is 1210. The van der Waals surface area contributed by atoms with E-state index in [1.165, 1.54) is 57.4 Å². The van der Waals surface area contributed by atoms with Gasteiger partial charge < -0.3 is 26.4 Å². The number of carbonyl (C=O) groups excluding carboxylic acids is 4. The van der Waals surface area contributed by atoms with E-state index in [4.69, 9.17) is 22.1 Å². The molecule has 2 aromatic carbocycles. The molecule has 0 aromatic heterocycles. The lowest BCUT2D eigenvalue weighted by Crippen LogP contribution is -2.54. The van der Waals surface area contributed by atoms with Gasteiger partial charge in [0.2, 0.25) is 11.8 Å². The Kier molecular flexibility index (Phi) is 12.6. The third-order valence-electron chi connectivity index (χ3n) is 6.18. The second kappa shape index (κ2) is 15.4. The first-order valence-corrected chi connectivity index (χ1v) is 13.3. The van der Waals surface area contributed by atoms with Crippen LogP contribution in [0.25, 0.3) is 0 Å². The molecule has 0 aliphatic carbocycles. The lowest BCUT2D eigenvalue weighted by Gasteiger charge is -2.27. The number of nitrogens with one attached hydrogen (secondary N) is 3. The first-order chi connectivity index (χ1) is 19.3. The second-order valence-corrected chi connectivity index (χ2v) is 10.1. The van der Waals surface area contributed by atoms with E-state index in [0.29, 0.717) is 30.2 Å². The van der Waals surface area contributed by atoms with Crippen molar-refractivity contribution in [2.24, 2.45) is 11.7 Å². The minimum Gasteiger partial charge on any atom is -0.497 e. The quantitative estimate of drug-likeness (QED) is 0.245. The molecule has 0 spiro atoms. The van der Waals surface area contributed by atoms with Gasteiger partial charge in [-0.15, -0.1) is 0 Å². The molecular weight excluding hydrogens is 565 g/mol. The Balaban J connectivity index is 2.38. The molecule has 2 rings (SSSR count). The molecule has 13 heteroatoms. The molecule has 0 bridgehead atoms. The Labute approximate surface area is 241 Å². The summed E-state index contributed by atoms with van der Waals surface area (Å²) in [5, 5.41) is 7.61. The number of halogens is 4. The maximum atomic E-state index is 13.5. The van der Waals surface area contributed by atoms with Crippen molar-refractivity contribution in [1.82, 2.24) is 16.0 Å². The van der Waals surface area contributed by atoms with Crippen LogP contribution < -0.4 is 26.4 Å². The third-order valence-corrected chi connectivity index (χ3v) is 6.41. The Morgan fingerprint density at radius 2 is 1.61 bits per heavy atom. The van der Waals surface area contributed by atoms with Crippen LogP contribution in [0.2, 0.25) is 5.02 Å². The normalized spacial score (nSPS) is 13.6. The minimum absolute atomic E-state index is 0.160. The summed E-state index contributed by atoms with van der Waals surface area (Å²) in [6.07, 6.45) is -4.01. The molecule has 224 valence electrons. The number of alkyl halides is 3. The molecule has 0 saturated heterocycles. The van der Waals surface area contributed by atoms with E-state index >= 15 is 0 Å². The summed E-state index contributed by atoms with van der Waals surface area (Å²) < 4.78 is 44.8. The van der Waals surface area contributed by atoms with Crippen LogP contribution in [-0.2, 0) is 14.4 Å². The van der Waals surface area contributed by atoms with Gasteiger partial charge in [0.05, 0.1) is 13.2 Å². The highest BCUT2D eigenvalue weighted by atomic mass is 35.5. The van der Waals surface area contributed by atoms with Gasteiger partial charge in [0.25, 0.3) is 11.7 Å². The van der Waals surface area contributed by atoms with Gasteiger partial charge >= 0.3 is 6.18 Å². The van der Waals surface area contributed by atoms with Crippen LogP contribution >= 0.6 is 11.6 Å². The van der Waals surface area contributed by atoms with Crippen molar-refractivity contribution >= 4 is 35.1 Å². The SMILES string of the molecule is COc1ccc([C@H](NC(=O)[C@H](CCCCN)NC(=O)c2cccc(Cl)c2)C(=O)N[C@H](C(=O)C(F)(F)F)C(C)C)cc1. The zero-order valence-electron chi connectivity index (χ0n) is 22.9. The lowest BCUT2D eigenvalue weighted by molar-refractivity contribution is -0.175. The number of nitrogens with two attached hydrogens (primary N) is 1. The van der Waals surface area contributed by atoms with Crippen LogP contribution in [0.5, 0.6) is 5.75 Å². The van der Waals surface area contributed by atoms with Gasteiger partial charge in [-0.1, -0.05) is 43.6 Å². The average molecular weight is 599 g/mol. The van der Waals surface area contributed by atoms with Gasteiger partial charge in [0.1, 0.15) is 17.8 Å². The van der Waals surface area contributed by atoms with Crippen LogP contribution in [0.1, 0.15) is 55.1 Å². The average Bonchev–Trinajstić information content (AvgIpc) is 2.92. The molecule has 3 amide bonds. The molecule has 0 saturated carbocycles. The number of methoxy groups -OCH3 is 1. The number of Topliss-reactive ketones (excluding diaryl/α,β-unsaturated/α-hetero) is 1. The van der Waals surface area contributed by atoms with Gasteiger partial charge in [0.15, 0.2) is 0 Å². The summed E-state index contributed by atoms with van der Waals surface area (Å²) in [7, 11) is 1.42. The smallest absolute Gasteiger partial charge is 0.452 e. The maximum absolute atomic E-state index is 13.5. The first-order valence-electron chi connectivity index (χ1n) is 12.9. The maximum Gasteiger partial charge on any atom is 0.452 e. The second-order valence-electron chi connectivity index (χ2n) is 9.63. The topological polar surface area (TPSA) is 140 Å². The van der Waals surface area contributed by atoms with Crippen molar-refractivity contribution in [1.29, 1.82) is 0 Å². The fourth-order valence-corrected chi connectivity index (χ4v) is 4.11. The van der Waals surface area contributed by atoms with E-state index in [9.17, 15) is 32.3 Å². The van der Waals surface area contributed by atoms with E-state index in [-0.39, 0.29) is 17.5 Å². The van der Waals surface area contributed by atoms with E-state index < -0.39 is 53.7 Å². The molecule has 3 atom stereocenters. The summed E-state index contributed by atoms with van der Waals surface area (Å²) in [4.78, 5) is 51.7. The molecule has 0 aliphatic heterocycles. The highest BCUT2D eigenvalue weighted by Crippen LogP contribution is 2.23. The molecule has 0 aliphatic rings. The van der Waals surface area contributed by atoms with Gasteiger partial charge in [0, 0.05) is 10.6 Å². The number of hydrogen-bond donors (Lipinski definition) is 4. The van der Waals surface area contributed by atoms with Crippen LogP contribution in [-0.4, -0.2) is 55.4 Å². The van der Waals surface area contributed by atoms with Crippen molar-refractivity contribution < 1.29 is 37.1 Å². The number of amides is 3. The van der Waals surface area contributed by atoms with E-state index in [1.54, 1.807) is 12.1 Å². The molecule has 0 unspecified atom stereocenters. The summed E-state index contributed by atoms with van der Waals surface area (Å²) in [5.74, 6) is -4.99. The van der Waals surface area contributed by atoms with E-state index in [0.717, 1.165) is 0 Å². The number of hydrogen-bond acceptors (Lipinski definition) is 6. The molecule has 41 heavy (non-hydrogen) atoms. The molecule has 0 radical (unpaired) electrons. The standard InChI is InChI=1S/C28H34ClF3N4O5/c1-16(2)22(24(37)28(30,31)32)35-27(40)23(17-10-12-20(41-3)13-11-17)36-26(39)21(9-4-5-14-33)34-25(38)18-7-6-8-19(29)15-18/h6-8,10-13,15-16,21-23H,4-5,9,14,33H2,1-3H3,(H,34,38)(H,35,40)(H,36,39)/t21-,22-,23-/m0/s1. The molecule has 0 fully saturated rings. The van der Waals surface area contributed by atoms with Crippen molar-refractivity contribution in [3.05, 3.63) is 64.7 Å². The number of carbonyl (C=O) groups is 4. The molecule has 5 N–H and O–H groups in total. The number of benzene rings is 2. The Hall–Kier alpha value is -3.64. The van der Waals surface area contributed by atoms with Crippen LogP contribution in [0, 0.1) is 5.92 Å². The van der Waals surface area contributed by atoms with Crippen molar-refractivity contribution in [3.8, 4) is 5.75 Å². The Morgan fingerprint density at radius 1 is 0.951 bits per heavy atom. The fraction of sp³-hybridized carbons (Fsp3) is 0.429. The fourth-order valence-electron chi connectivity index (χ4n) is 3.92.